The average Bonchev–Trinajstić information content (AvgIpc) is 3.35. The number of nitro groups is 1. The molecule has 38 heavy (non-hydrogen) atoms. The van der Waals surface area contributed by atoms with Gasteiger partial charge >= 0.3 is 0 Å². The zero-order valence-corrected chi connectivity index (χ0v) is 20.2. The van der Waals surface area contributed by atoms with Crippen LogP contribution in [0, 0.1) is 21.4 Å². The maximum atomic E-state index is 10.8. The Hall–Kier alpha value is -5.48. The van der Waals surface area contributed by atoms with Gasteiger partial charge in [0.25, 0.3) is 5.69 Å². The molecule has 7 nitrogen and oxygen atoms in total. The molecule has 0 radical (unpaired) electrons. The SMILES string of the molecule is N#Cc1c(N=Cc2cccc(OCc3ccc([N+](=O)[O-])cc3)c2)oc(-c2ccccc2)c1-c1ccccc1. The Balaban J connectivity index is 1.41. The van der Waals surface area contributed by atoms with Crippen molar-refractivity contribution >= 4 is 17.8 Å². The van der Waals surface area contributed by atoms with Crippen LogP contribution in [0.1, 0.15) is 16.7 Å². The van der Waals surface area contributed by atoms with Crippen molar-refractivity contribution in [2.24, 2.45) is 4.99 Å². The Morgan fingerprint density at radius 2 is 1.58 bits per heavy atom. The fourth-order valence-corrected chi connectivity index (χ4v) is 3.99. The van der Waals surface area contributed by atoms with Crippen molar-refractivity contribution in [3.63, 3.8) is 0 Å². The molecule has 0 spiro atoms. The first-order chi connectivity index (χ1) is 18.6. The van der Waals surface area contributed by atoms with Crippen LogP contribution >= 0.6 is 0 Å². The molecule has 4 aromatic carbocycles. The molecule has 0 aliphatic heterocycles. The minimum Gasteiger partial charge on any atom is -0.489 e. The van der Waals surface area contributed by atoms with Crippen LogP contribution in [0.25, 0.3) is 22.5 Å². The lowest BCUT2D eigenvalue weighted by Gasteiger charge is -2.06. The van der Waals surface area contributed by atoms with Gasteiger partial charge in [-0.1, -0.05) is 72.8 Å². The number of furan rings is 1. The number of nitriles is 1. The predicted octanol–water partition coefficient (Wildman–Crippen LogP) is 7.72. The summed E-state index contributed by atoms with van der Waals surface area (Å²) in [7, 11) is 0. The number of benzene rings is 4. The van der Waals surface area contributed by atoms with Gasteiger partial charge in [-0.05, 0) is 41.0 Å². The van der Waals surface area contributed by atoms with E-state index in [1.54, 1.807) is 18.3 Å². The van der Waals surface area contributed by atoms with Gasteiger partial charge in [0.1, 0.15) is 29.7 Å². The molecular formula is C31H21N3O4. The number of nitro benzene ring substituents is 1. The Morgan fingerprint density at radius 3 is 2.24 bits per heavy atom. The monoisotopic (exact) mass is 499 g/mol. The second-order valence-electron chi connectivity index (χ2n) is 8.37. The van der Waals surface area contributed by atoms with E-state index in [4.69, 9.17) is 9.15 Å². The third-order valence-electron chi connectivity index (χ3n) is 5.84. The molecule has 0 amide bonds. The van der Waals surface area contributed by atoms with Gasteiger partial charge in [-0.25, -0.2) is 4.99 Å². The Kier molecular flexibility index (Phi) is 7.05. The highest BCUT2D eigenvalue weighted by atomic mass is 16.6. The quantitative estimate of drug-likeness (QED) is 0.124. The number of hydrogen-bond acceptors (Lipinski definition) is 6. The lowest BCUT2D eigenvalue weighted by Crippen LogP contribution is -1.96. The molecule has 0 bridgehead atoms. The lowest BCUT2D eigenvalue weighted by atomic mass is 9.98. The van der Waals surface area contributed by atoms with Gasteiger partial charge < -0.3 is 9.15 Å². The number of aliphatic imine (C=N–C) groups is 1. The molecule has 0 aliphatic carbocycles. The van der Waals surface area contributed by atoms with Gasteiger partial charge in [0.05, 0.1) is 4.92 Å². The molecule has 0 unspecified atom stereocenters. The van der Waals surface area contributed by atoms with Crippen LogP contribution in [-0.4, -0.2) is 11.1 Å². The highest BCUT2D eigenvalue weighted by Crippen LogP contribution is 2.42. The van der Waals surface area contributed by atoms with Crippen molar-refractivity contribution in [3.05, 3.63) is 136 Å². The first kappa shape index (κ1) is 24.2. The van der Waals surface area contributed by atoms with E-state index in [0.29, 0.717) is 22.6 Å². The summed E-state index contributed by atoms with van der Waals surface area (Å²) in [5.74, 6) is 1.42. The molecule has 5 aromatic rings. The largest absolute Gasteiger partial charge is 0.489 e. The molecule has 0 atom stereocenters. The second-order valence-corrected chi connectivity index (χ2v) is 8.37. The Bertz CT molecular complexity index is 1630. The molecule has 0 saturated heterocycles. The van der Waals surface area contributed by atoms with E-state index >= 15 is 0 Å². The maximum absolute atomic E-state index is 10.8. The van der Waals surface area contributed by atoms with Crippen LogP contribution in [0.5, 0.6) is 5.75 Å². The number of hydrogen-bond donors (Lipinski definition) is 0. The first-order valence-electron chi connectivity index (χ1n) is 11.8. The summed E-state index contributed by atoms with van der Waals surface area (Å²) in [5.41, 5.74) is 4.39. The fraction of sp³-hybridized carbons (Fsp3) is 0.0323. The van der Waals surface area contributed by atoms with Gasteiger partial charge in [0, 0.05) is 29.5 Å². The third kappa shape index (κ3) is 5.35. The summed E-state index contributed by atoms with van der Waals surface area (Å²) >= 11 is 0. The van der Waals surface area contributed by atoms with Crippen LogP contribution < -0.4 is 4.74 Å². The number of nitrogens with zero attached hydrogens (tertiary/aromatic N) is 3. The summed E-state index contributed by atoms with van der Waals surface area (Å²) in [5, 5.41) is 20.9. The van der Waals surface area contributed by atoms with Gasteiger partial charge in [0.2, 0.25) is 5.88 Å². The summed E-state index contributed by atoms with van der Waals surface area (Å²) in [6, 6.07) is 35.1. The highest BCUT2D eigenvalue weighted by Gasteiger charge is 2.22. The lowest BCUT2D eigenvalue weighted by molar-refractivity contribution is -0.384. The smallest absolute Gasteiger partial charge is 0.269 e. The fourth-order valence-electron chi connectivity index (χ4n) is 3.99. The Labute approximate surface area is 219 Å². The van der Waals surface area contributed by atoms with E-state index in [-0.39, 0.29) is 18.2 Å². The summed E-state index contributed by atoms with van der Waals surface area (Å²) in [4.78, 5) is 14.9. The highest BCUT2D eigenvalue weighted by molar-refractivity contribution is 5.90. The third-order valence-corrected chi connectivity index (χ3v) is 5.84. The molecule has 5 rings (SSSR count). The van der Waals surface area contributed by atoms with Crippen LogP contribution in [0.15, 0.2) is 119 Å². The van der Waals surface area contributed by atoms with E-state index in [1.165, 1.54) is 12.1 Å². The maximum Gasteiger partial charge on any atom is 0.269 e. The van der Waals surface area contributed by atoms with E-state index in [0.717, 1.165) is 22.3 Å². The van der Waals surface area contributed by atoms with Crippen molar-refractivity contribution in [1.29, 1.82) is 5.26 Å². The number of non-ortho nitro benzene ring substituents is 1. The molecule has 0 fully saturated rings. The van der Waals surface area contributed by atoms with Crippen molar-refractivity contribution in [1.82, 2.24) is 0 Å². The molecule has 184 valence electrons. The molecule has 1 aromatic heterocycles. The zero-order chi connectivity index (χ0) is 26.3. The van der Waals surface area contributed by atoms with Crippen LogP contribution in [0.4, 0.5) is 11.6 Å². The molecule has 1 heterocycles. The van der Waals surface area contributed by atoms with E-state index in [1.807, 2.05) is 84.9 Å². The molecule has 0 aliphatic rings. The summed E-state index contributed by atoms with van der Waals surface area (Å²) < 4.78 is 12.0. The second kappa shape index (κ2) is 11.1. The van der Waals surface area contributed by atoms with Crippen molar-refractivity contribution in [2.45, 2.75) is 6.61 Å². The topological polar surface area (TPSA) is 102 Å². The average molecular weight is 500 g/mol. The van der Waals surface area contributed by atoms with Crippen LogP contribution in [0.2, 0.25) is 0 Å². The zero-order valence-electron chi connectivity index (χ0n) is 20.2. The number of rotatable bonds is 8. The van der Waals surface area contributed by atoms with Gasteiger partial charge in [-0.15, -0.1) is 0 Å². The number of ether oxygens (including phenoxy) is 1. The molecule has 7 heteroatoms. The van der Waals surface area contributed by atoms with Gasteiger partial charge in [0.15, 0.2) is 0 Å². The van der Waals surface area contributed by atoms with Gasteiger partial charge in [-0.2, -0.15) is 5.26 Å². The minimum absolute atomic E-state index is 0.0347. The summed E-state index contributed by atoms with van der Waals surface area (Å²) in [6.07, 6.45) is 1.63. The van der Waals surface area contributed by atoms with Crippen molar-refractivity contribution < 1.29 is 14.1 Å². The van der Waals surface area contributed by atoms with E-state index in [9.17, 15) is 15.4 Å². The predicted molar refractivity (Wildman–Crippen MR) is 145 cm³/mol. The molecule has 0 N–H and O–H groups in total. The van der Waals surface area contributed by atoms with Crippen molar-refractivity contribution in [2.75, 3.05) is 0 Å². The molecular weight excluding hydrogens is 478 g/mol. The van der Waals surface area contributed by atoms with Crippen LogP contribution in [0.3, 0.4) is 0 Å². The minimum atomic E-state index is -0.435. The van der Waals surface area contributed by atoms with Crippen molar-refractivity contribution in [3.8, 4) is 34.3 Å². The van der Waals surface area contributed by atoms with E-state index in [2.05, 4.69) is 11.1 Å². The van der Waals surface area contributed by atoms with Gasteiger partial charge in [-0.3, -0.25) is 10.1 Å². The summed E-state index contributed by atoms with van der Waals surface area (Å²) in [6.45, 7) is 0.260. The molecule has 0 saturated carbocycles. The van der Waals surface area contributed by atoms with E-state index < -0.39 is 4.92 Å². The standard InChI is InChI=1S/C31H21N3O4/c32-19-28-29(24-9-3-1-4-10-24)30(25-11-5-2-6-12-25)38-31(28)33-20-23-8-7-13-27(18-23)37-21-22-14-16-26(17-15-22)34(35)36/h1-18,20H,21H2. The van der Waals surface area contributed by atoms with Crippen LogP contribution in [-0.2, 0) is 6.61 Å². The first-order valence-corrected chi connectivity index (χ1v) is 11.8. The normalized spacial score (nSPS) is 10.8. The Morgan fingerprint density at radius 1 is 0.895 bits per heavy atom.